The largest absolute Gasteiger partial charge is 0.354 e. The molecule has 0 spiro atoms. The molecule has 0 aromatic heterocycles. The number of nitrogens with one attached hydrogen (secondary N) is 3. The lowest BCUT2D eigenvalue weighted by molar-refractivity contribution is -0.123. The topological polar surface area (TPSA) is 53.2 Å². The van der Waals surface area contributed by atoms with Crippen LogP contribution in [-0.2, 0) is 4.79 Å². The van der Waals surface area contributed by atoms with Crippen molar-refractivity contribution >= 4 is 5.91 Å². The van der Waals surface area contributed by atoms with Crippen molar-refractivity contribution in [2.24, 2.45) is 11.8 Å². The first-order chi connectivity index (χ1) is 8.25. The summed E-state index contributed by atoms with van der Waals surface area (Å²) in [7, 11) is 0. The molecule has 1 saturated carbocycles. The fourth-order valence-corrected chi connectivity index (χ4v) is 2.74. The van der Waals surface area contributed by atoms with Crippen LogP contribution in [0.5, 0.6) is 0 Å². The van der Waals surface area contributed by atoms with E-state index in [1.54, 1.807) is 0 Å². The molecule has 4 nitrogen and oxygen atoms in total. The summed E-state index contributed by atoms with van der Waals surface area (Å²) in [4.78, 5) is 11.9. The predicted molar refractivity (Wildman–Crippen MR) is 68.8 cm³/mol. The molecule has 2 fully saturated rings. The van der Waals surface area contributed by atoms with Crippen molar-refractivity contribution in [1.82, 2.24) is 16.0 Å². The van der Waals surface area contributed by atoms with Gasteiger partial charge < -0.3 is 16.0 Å². The van der Waals surface area contributed by atoms with Gasteiger partial charge in [0, 0.05) is 26.2 Å². The van der Waals surface area contributed by atoms with Crippen LogP contribution in [0.1, 0.15) is 32.6 Å². The zero-order chi connectivity index (χ0) is 12.1. The minimum atomic E-state index is -0.0359. The van der Waals surface area contributed by atoms with E-state index in [-0.39, 0.29) is 11.9 Å². The third kappa shape index (κ3) is 3.96. The van der Waals surface area contributed by atoms with Gasteiger partial charge in [0.25, 0.3) is 0 Å². The number of carbonyl (C=O) groups excluding carboxylic acids is 1. The van der Waals surface area contributed by atoms with Gasteiger partial charge in [0.05, 0.1) is 6.04 Å². The van der Waals surface area contributed by atoms with E-state index in [1.165, 1.54) is 25.7 Å². The zero-order valence-electron chi connectivity index (χ0n) is 10.8. The lowest BCUT2D eigenvalue weighted by Crippen LogP contribution is -2.56. The van der Waals surface area contributed by atoms with E-state index in [4.69, 9.17) is 0 Å². The Hall–Kier alpha value is -0.610. The minimum absolute atomic E-state index is 0.0359. The van der Waals surface area contributed by atoms with E-state index < -0.39 is 0 Å². The molecule has 2 rings (SSSR count). The number of amides is 1. The van der Waals surface area contributed by atoms with Crippen LogP contribution in [0.4, 0.5) is 0 Å². The molecule has 1 aliphatic heterocycles. The van der Waals surface area contributed by atoms with Gasteiger partial charge in [-0.3, -0.25) is 4.79 Å². The lowest BCUT2D eigenvalue weighted by atomic mass is 9.83. The Labute approximate surface area is 104 Å². The monoisotopic (exact) mass is 239 g/mol. The predicted octanol–water partition coefficient (Wildman–Crippen LogP) is 0.490. The summed E-state index contributed by atoms with van der Waals surface area (Å²) < 4.78 is 0. The number of rotatable bonds is 3. The standard InChI is InChI=1S/C13H25N3O/c1-10-2-4-11(5-3-10)8-16-13(17)12-9-14-6-7-15-12/h10-12,14-15H,2-9H2,1H3,(H,16,17). The molecule has 1 atom stereocenters. The van der Waals surface area contributed by atoms with Gasteiger partial charge in [-0.25, -0.2) is 0 Å². The summed E-state index contributed by atoms with van der Waals surface area (Å²) in [6, 6.07) is -0.0359. The first kappa shape index (κ1) is 12.8. The van der Waals surface area contributed by atoms with E-state index in [0.29, 0.717) is 5.92 Å². The SMILES string of the molecule is CC1CCC(CNC(=O)C2CNCCN2)CC1. The Morgan fingerprint density at radius 3 is 2.65 bits per heavy atom. The molecular weight excluding hydrogens is 214 g/mol. The molecule has 1 amide bonds. The van der Waals surface area contributed by atoms with Crippen molar-refractivity contribution in [3.63, 3.8) is 0 Å². The van der Waals surface area contributed by atoms with Crippen molar-refractivity contribution < 1.29 is 4.79 Å². The van der Waals surface area contributed by atoms with Crippen molar-refractivity contribution in [1.29, 1.82) is 0 Å². The molecular formula is C13H25N3O. The molecule has 17 heavy (non-hydrogen) atoms. The van der Waals surface area contributed by atoms with Crippen LogP contribution >= 0.6 is 0 Å². The van der Waals surface area contributed by atoms with E-state index in [9.17, 15) is 4.79 Å². The van der Waals surface area contributed by atoms with Crippen LogP contribution in [0.15, 0.2) is 0 Å². The molecule has 1 saturated heterocycles. The second kappa shape index (κ2) is 6.36. The Morgan fingerprint density at radius 2 is 2.00 bits per heavy atom. The molecule has 0 bridgehead atoms. The smallest absolute Gasteiger partial charge is 0.238 e. The van der Waals surface area contributed by atoms with Crippen molar-refractivity contribution in [2.45, 2.75) is 38.6 Å². The van der Waals surface area contributed by atoms with Crippen LogP contribution in [-0.4, -0.2) is 38.1 Å². The maximum absolute atomic E-state index is 11.9. The lowest BCUT2D eigenvalue weighted by Gasteiger charge is -2.28. The second-order valence-electron chi connectivity index (χ2n) is 5.58. The van der Waals surface area contributed by atoms with E-state index in [1.807, 2.05) is 0 Å². The third-order valence-corrected chi connectivity index (χ3v) is 4.06. The molecule has 0 aromatic carbocycles. The molecule has 98 valence electrons. The Balaban J connectivity index is 1.65. The van der Waals surface area contributed by atoms with E-state index in [2.05, 4.69) is 22.9 Å². The molecule has 2 aliphatic rings. The van der Waals surface area contributed by atoms with Gasteiger partial charge in [0.15, 0.2) is 0 Å². The molecule has 4 heteroatoms. The quantitative estimate of drug-likeness (QED) is 0.672. The third-order valence-electron chi connectivity index (χ3n) is 4.06. The average molecular weight is 239 g/mol. The molecule has 1 heterocycles. The molecule has 0 aromatic rings. The van der Waals surface area contributed by atoms with Crippen LogP contribution in [0.2, 0.25) is 0 Å². The highest BCUT2D eigenvalue weighted by molar-refractivity contribution is 5.82. The summed E-state index contributed by atoms with van der Waals surface area (Å²) >= 11 is 0. The van der Waals surface area contributed by atoms with Crippen LogP contribution in [0.3, 0.4) is 0 Å². The molecule has 1 unspecified atom stereocenters. The first-order valence-electron chi connectivity index (χ1n) is 6.97. The van der Waals surface area contributed by atoms with Crippen molar-refractivity contribution in [3.8, 4) is 0 Å². The normalized spacial score (nSPS) is 34.3. The van der Waals surface area contributed by atoms with Crippen LogP contribution in [0.25, 0.3) is 0 Å². The Bertz CT molecular complexity index is 243. The van der Waals surface area contributed by atoms with Gasteiger partial charge in [-0.15, -0.1) is 0 Å². The highest BCUT2D eigenvalue weighted by Gasteiger charge is 2.22. The summed E-state index contributed by atoms with van der Waals surface area (Å²) in [5.74, 6) is 1.74. The number of piperazine rings is 1. The molecule has 0 radical (unpaired) electrons. The Kier molecular flexibility index (Phi) is 4.80. The van der Waals surface area contributed by atoms with Crippen LogP contribution < -0.4 is 16.0 Å². The van der Waals surface area contributed by atoms with Crippen molar-refractivity contribution in [3.05, 3.63) is 0 Å². The summed E-state index contributed by atoms with van der Waals surface area (Å²) in [6.07, 6.45) is 5.20. The Morgan fingerprint density at radius 1 is 1.24 bits per heavy atom. The van der Waals surface area contributed by atoms with Gasteiger partial charge in [0.2, 0.25) is 5.91 Å². The van der Waals surface area contributed by atoms with Crippen LogP contribution in [0, 0.1) is 11.8 Å². The van der Waals surface area contributed by atoms with Gasteiger partial charge in [-0.05, 0) is 24.7 Å². The second-order valence-corrected chi connectivity index (χ2v) is 5.58. The summed E-state index contributed by atoms with van der Waals surface area (Å²) in [5, 5.41) is 9.57. The van der Waals surface area contributed by atoms with Gasteiger partial charge in [-0.1, -0.05) is 19.8 Å². The van der Waals surface area contributed by atoms with Gasteiger partial charge in [-0.2, -0.15) is 0 Å². The number of hydrogen-bond donors (Lipinski definition) is 3. The highest BCUT2D eigenvalue weighted by Crippen LogP contribution is 2.27. The zero-order valence-corrected chi connectivity index (χ0v) is 10.8. The first-order valence-corrected chi connectivity index (χ1v) is 6.97. The maximum Gasteiger partial charge on any atom is 0.238 e. The maximum atomic E-state index is 11.9. The minimum Gasteiger partial charge on any atom is -0.354 e. The summed E-state index contributed by atoms with van der Waals surface area (Å²) in [6.45, 7) is 5.80. The van der Waals surface area contributed by atoms with Gasteiger partial charge in [0.1, 0.15) is 0 Å². The fourth-order valence-electron chi connectivity index (χ4n) is 2.74. The fraction of sp³-hybridized carbons (Fsp3) is 0.923. The van der Waals surface area contributed by atoms with Gasteiger partial charge >= 0.3 is 0 Å². The van der Waals surface area contributed by atoms with Crippen molar-refractivity contribution in [2.75, 3.05) is 26.2 Å². The number of carbonyl (C=O) groups is 1. The van der Waals surface area contributed by atoms with E-state index >= 15 is 0 Å². The van der Waals surface area contributed by atoms with E-state index in [0.717, 1.165) is 32.1 Å². The molecule has 3 N–H and O–H groups in total. The summed E-state index contributed by atoms with van der Waals surface area (Å²) in [5.41, 5.74) is 0. The number of hydrogen-bond acceptors (Lipinski definition) is 3. The highest BCUT2D eigenvalue weighted by atomic mass is 16.2. The average Bonchev–Trinajstić information content (AvgIpc) is 2.39. The molecule has 1 aliphatic carbocycles.